The molecular formula is C54H34N2S. The Hall–Kier alpha value is -7.20. The summed E-state index contributed by atoms with van der Waals surface area (Å²) in [6, 6.07) is 75.7. The number of fused-ring (bicyclic) bond motifs is 11. The van der Waals surface area contributed by atoms with Crippen LogP contribution in [0, 0.1) is 0 Å². The second-order valence-electron chi connectivity index (χ2n) is 14.9. The average molecular weight is 743 g/mol. The van der Waals surface area contributed by atoms with Crippen LogP contribution >= 0.6 is 11.3 Å². The molecule has 0 atom stereocenters. The molecule has 266 valence electrons. The van der Waals surface area contributed by atoms with Gasteiger partial charge in [-0.3, -0.25) is 0 Å². The Morgan fingerprint density at radius 3 is 1.68 bits per heavy atom. The van der Waals surface area contributed by atoms with Crippen molar-refractivity contribution in [2.45, 2.75) is 0 Å². The standard InChI is InChI=1S/C54H34N2S/c1-3-15-43-36(11-1)23-24-39-34-42(30-32-44(39)43)55(52-22-10-19-48-49-31-27-37-12-2-4-16-45(37)53(49)57-54(48)52)40-28-25-35(26-29-40)38-13-9-14-41(33-38)56-50-20-7-5-17-46(50)47-18-6-8-21-51(47)56/h1-34H. The summed E-state index contributed by atoms with van der Waals surface area (Å²) in [6.45, 7) is 0. The highest BCUT2D eigenvalue weighted by Gasteiger charge is 2.20. The summed E-state index contributed by atoms with van der Waals surface area (Å²) in [6.07, 6.45) is 0. The van der Waals surface area contributed by atoms with Gasteiger partial charge in [-0.25, -0.2) is 0 Å². The molecule has 0 fully saturated rings. The zero-order chi connectivity index (χ0) is 37.5. The van der Waals surface area contributed by atoms with Crippen molar-refractivity contribution >= 4 is 103 Å². The highest BCUT2D eigenvalue weighted by atomic mass is 32.1. The van der Waals surface area contributed by atoms with Crippen molar-refractivity contribution in [1.82, 2.24) is 4.57 Å². The van der Waals surface area contributed by atoms with E-state index in [1.165, 1.54) is 91.1 Å². The highest BCUT2D eigenvalue weighted by molar-refractivity contribution is 7.27. The van der Waals surface area contributed by atoms with E-state index in [4.69, 9.17) is 0 Å². The number of rotatable bonds is 5. The quantitative estimate of drug-likeness (QED) is 0.159. The van der Waals surface area contributed by atoms with E-state index < -0.39 is 0 Å². The second kappa shape index (κ2) is 12.7. The zero-order valence-electron chi connectivity index (χ0n) is 30.9. The number of anilines is 3. The van der Waals surface area contributed by atoms with Gasteiger partial charge in [0.25, 0.3) is 0 Å². The summed E-state index contributed by atoms with van der Waals surface area (Å²) in [5, 5.41) is 12.7. The first-order valence-electron chi connectivity index (χ1n) is 19.5. The molecule has 0 bridgehead atoms. The van der Waals surface area contributed by atoms with E-state index >= 15 is 0 Å². The normalized spacial score (nSPS) is 11.9. The minimum Gasteiger partial charge on any atom is -0.309 e. The van der Waals surface area contributed by atoms with Gasteiger partial charge in [0.15, 0.2) is 0 Å². The van der Waals surface area contributed by atoms with Crippen molar-refractivity contribution in [3.8, 4) is 16.8 Å². The van der Waals surface area contributed by atoms with Gasteiger partial charge in [-0.15, -0.1) is 11.3 Å². The summed E-state index contributed by atoms with van der Waals surface area (Å²) in [5.41, 5.74) is 9.38. The molecule has 0 aliphatic rings. The number of benzene rings is 10. The van der Waals surface area contributed by atoms with Crippen LogP contribution in [0.5, 0.6) is 0 Å². The van der Waals surface area contributed by atoms with Crippen LogP contribution in [-0.2, 0) is 0 Å². The molecule has 3 heteroatoms. The predicted octanol–water partition coefficient (Wildman–Crippen LogP) is 15.7. The van der Waals surface area contributed by atoms with Crippen molar-refractivity contribution in [3.63, 3.8) is 0 Å². The smallest absolute Gasteiger partial charge is 0.0640 e. The van der Waals surface area contributed by atoms with Crippen LogP contribution in [0.3, 0.4) is 0 Å². The first-order valence-corrected chi connectivity index (χ1v) is 20.3. The van der Waals surface area contributed by atoms with Gasteiger partial charge in [0.1, 0.15) is 0 Å². The van der Waals surface area contributed by atoms with Crippen LogP contribution in [-0.4, -0.2) is 4.57 Å². The lowest BCUT2D eigenvalue weighted by atomic mass is 10.0. The van der Waals surface area contributed by atoms with Gasteiger partial charge in [-0.05, 0) is 98.0 Å². The summed E-state index contributed by atoms with van der Waals surface area (Å²) in [7, 11) is 0. The lowest BCUT2D eigenvalue weighted by Crippen LogP contribution is -2.10. The number of aromatic nitrogens is 1. The van der Waals surface area contributed by atoms with Crippen molar-refractivity contribution in [3.05, 3.63) is 206 Å². The van der Waals surface area contributed by atoms with E-state index in [2.05, 4.69) is 216 Å². The molecule has 0 aliphatic carbocycles. The van der Waals surface area contributed by atoms with E-state index in [0.717, 1.165) is 17.1 Å². The lowest BCUT2D eigenvalue weighted by Gasteiger charge is -2.27. The number of nitrogens with zero attached hydrogens (tertiary/aromatic N) is 2. The molecule has 10 aromatic carbocycles. The zero-order valence-corrected chi connectivity index (χ0v) is 31.7. The number of para-hydroxylation sites is 2. The molecule has 0 spiro atoms. The van der Waals surface area contributed by atoms with Gasteiger partial charge in [0, 0.05) is 43.3 Å². The average Bonchev–Trinajstić information content (AvgIpc) is 3.84. The van der Waals surface area contributed by atoms with Gasteiger partial charge in [-0.1, -0.05) is 152 Å². The molecular weight excluding hydrogens is 709 g/mol. The molecule has 2 nitrogen and oxygen atoms in total. The fourth-order valence-electron chi connectivity index (χ4n) is 9.08. The molecule has 0 unspecified atom stereocenters. The Kier molecular flexibility index (Phi) is 7.13. The molecule has 2 aromatic heterocycles. The van der Waals surface area contributed by atoms with Crippen LogP contribution in [0.25, 0.3) is 91.1 Å². The SMILES string of the molecule is c1cc(-c2ccc(N(c3ccc4c(ccc5ccccc54)c3)c3cccc4c3sc3c5ccccc5ccc43)cc2)cc(-n2c3ccccc3c3ccccc32)c1. The Morgan fingerprint density at radius 2 is 0.895 bits per heavy atom. The minimum absolute atomic E-state index is 1.12. The van der Waals surface area contributed by atoms with Crippen LogP contribution in [0.2, 0.25) is 0 Å². The maximum Gasteiger partial charge on any atom is 0.0640 e. The van der Waals surface area contributed by atoms with E-state index in [-0.39, 0.29) is 0 Å². The summed E-state index contributed by atoms with van der Waals surface area (Å²) >= 11 is 1.90. The summed E-state index contributed by atoms with van der Waals surface area (Å²) in [5.74, 6) is 0. The van der Waals surface area contributed by atoms with E-state index in [0.29, 0.717) is 0 Å². The molecule has 0 amide bonds. The fourth-order valence-corrected chi connectivity index (χ4v) is 10.4. The molecule has 2 heterocycles. The maximum atomic E-state index is 2.45. The third-order valence-corrected chi connectivity index (χ3v) is 13.0. The van der Waals surface area contributed by atoms with Crippen LogP contribution in [0.15, 0.2) is 206 Å². The topological polar surface area (TPSA) is 8.17 Å². The first-order chi connectivity index (χ1) is 28.3. The predicted molar refractivity (Wildman–Crippen MR) is 246 cm³/mol. The third-order valence-electron chi connectivity index (χ3n) is 11.7. The molecule has 0 N–H and O–H groups in total. The van der Waals surface area contributed by atoms with Gasteiger partial charge in [0.05, 0.1) is 21.4 Å². The highest BCUT2D eigenvalue weighted by Crippen LogP contribution is 2.47. The lowest BCUT2D eigenvalue weighted by molar-refractivity contribution is 1.18. The van der Waals surface area contributed by atoms with Crippen molar-refractivity contribution in [2.75, 3.05) is 4.90 Å². The molecule has 0 aliphatic heterocycles. The van der Waals surface area contributed by atoms with Gasteiger partial charge in [0.2, 0.25) is 0 Å². The van der Waals surface area contributed by atoms with Crippen LogP contribution in [0.1, 0.15) is 0 Å². The van der Waals surface area contributed by atoms with Crippen molar-refractivity contribution in [1.29, 1.82) is 0 Å². The van der Waals surface area contributed by atoms with E-state index in [1.807, 2.05) is 11.3 Å². The number of thiophene rings is 1. The van der Waals surface area contributed by atoms with E-state index in [1.54, 1.807) is 0 Å². The number of hydrogen-bond donors (Lipinski definition) is 0. The third kappa shape index (κ3) is 5.03. The van der Waals surface area contributed by atoms with E-state index in [9.17, 15) is 0 Å². The summed E-state index contributed by atoms with van der Waals surface area (Å²) in [4.78, 5) is 2.45. The Morgan fingerprint density at radius 1 is 0.333 bits per heavy atom. The molecule has 0 radical (unpaired) electrons. The fraction of sp³-hybridized carbons (Fsp3) is 0. The van der Waals surface area contributed by atoms with Crippen LogP contribution < -0.4 is 4.90 Å². The van der Waals surface area contributed by atoms with Gasteiger partial charge >= 0.3 is 0 Å². The second-order valence-corrected chi connectivity index (χ2v) is 15.9. The monoisotopic (exact) mass is 742 g/mol. The first kappa shape index (κ1) is 32.1. The molecule has 0 saturated heterocycles. The van der Waals surface area contributed by atoms with Gasteiger partial charge in [-0.2, -0.15) is 0 Å². The Labute approximate surface area is 333 Å². The van der Waals surface area contributed by atoms with Crippen molar-refractivity contribution in [2.24, 2.45) is 0 Å². The Bertz CT molecular complexity index is 3480. The van der Waals surface area contributed by atoms with Crippen molar-refractivity contribution < 1.29 is 0 Å². The molecule has 12 rings (SSSR count). The number of hydrogen-bond acceptors (Lipinski definition) is 2. The maximum absolute atomic E-state index is 2.45. The van der Waals surface area contributed by atoms with Gasteiger partial charge < -0.3 is 9.47 Å². The molecule has 12 aromatic rings. The Balaban J connectivity index is 1.02. The molecule has 57 heavy (non-hydrogen) atoms. The minimum atomic E-state index is 1.12. The summed E-state index contributed by atoms with van der Waals surface area (Å²) < 4.78 is 5.01. The largest absolute Gasteiger partial charge is 0.309 e. The van der Waals surface area contributed by atoms with Crippen LogP contribution in [0.4, 0.5) is 17.1 Å². The molecule has 0 saturated carbocycles.